The molecule has 1 aliphatic rings. The third-order valence-electron chi connectivity index (χ3n) is 6.53. The third kappa shape index (κ3) is 3.74. The van der Waals surface area contributed by atoms with Crippen LogP contribution in [0, 0.1) is 6.92 Å². The Labute approximate surface area is 199 Å². The molecule has 0 bridgehead atoms. The number of aryl methyl sites for hydroxylation is 1. The van der Waals surface area contributed by atoms with Gasteiger partial charge in [0.25, 0.3) is 10.0 Å². The fourth-order valence-corrected chi connectivity index (χ4v) is 6.46. The molecular weight excluding hydrogens is 446 g/mol. The van der Waals surface area contributed by atoms with Crippen LogP contribution in [-0.4, -0.2) is 25.7 Å². The van der Waals surface area contributed by atoms with E-state index in [1.54, 1.807) is 12.1 Å². The summed E-state index contributed by atoms with van der Waals surface area (Å²) in [5.41, 5.74) is 2.84. The SMILES string of the molecule is COc1ccc(S(=O)(=O)N2C(=O)C[C@H](c3cccc4ccccc34)[C@@H]2c2ccc(C)cc2)cc1. The van der Waals surface area contributed by atoms with E-state index < -0.39 is 22.0 Å². The molecule has 0 aliphatic carbocycles. The second-order valence-corrected chi connectivity index (χ2v) is 10.4. The fourth-order valence-electron chi connectivity index (χ4n) is 4.84. The summed E-state index contributed by atoms with van der Waals surface area (Å²) in [4.78, 5) is 13.5. The van der Waals surface area contributed by atoms with Gasteiger partial charge in [0.1, 0.15) is 5.75 Å². The maximum Gasteiger partial charge on any atom is 0.267 e. The van der Waals surface area contributed by atoms with Crippen LogP contribution in [-0.2, 0) is 14.8 Å². The summed E-state index contributed by atoms with van der Waals surface area (Å²) in [6, 6.07) is 27.3. The molecule has 34 heavy (non-hydrogen) atoms. The molecule has 1 heterocycles. The molecule has 0 aromatic heterocycles. The van der Waals surface area contributed by atoms with Crippen molar-refractivity contribution in [2.45, 2.75) is 30.2 Å². The zero-order valence-corrected chi connectivity index (χ0v) is 19.8. The van der Waals surface area contributed by atoms with Gasteiger partial charge in [-0.25, -0.2) is 12.7 Å². The minimum Gasteiger partial charge on any atom is -0.497 e. The maximum atomic E-state index is 13.8. The zero-order chi connectivity index (χ0) is 23.9. The van der Waals surface area contributed by atoms with Crippen LogP contribution in [0.2, 0.25) is 0 Å². The lowest BCUT2D eigenvalue weighted by molar-refractivity contribution is -0.124. The van der Waals surface area contributed by atoms with Gasteiger partial charge in [-0.2, -0.15) is 0 Å². The minimum atomic E-state index is -4.09. The number of nitrogens with zero attached hydrogens (tertiary/aromatic N) is 1. The van der Waals surface area contributed by atoms with Crippen molar-refractivity contribution in [1.82, 2.24) is 4.31 Å². The van der Waals surface area contributed by atoms with Gasteiger partial charge >= 0.3 is 0 Å². The zero-order valence-electron chi connectivity index (χ0n) is 19.0. The van der Waals surface area contributed by atoms with Crippen molar-refractivity contribution in [3.63, 3.8) is 0 Å². The van der Waals surface area contributed by atoms with Gasteiger partial charge in [-0.05, 0) is 53.1 Å². The van der Waals surface area contributed by atoms with Crippen molar-refractivity contribution in [2.75, 3.05) is 7.11 Å². The number of carbonyl (C=O) groups is 1. The van der Waals surface area contributed by atoms with Crippen molar-refractivity contribution < 1.29 is 17.9 Å². The highest BCUT2D eigenvalue weighted by Crippen LogP contribution is 2.48. The van der Waals surface area contributed by atoms with Crippen LogP contribution in [0.25, 0.3) is 10.8 Å². The molecule has 0 spiro atoms. The van der Waals surface area contributed by atoms with Crippen LogP contribution < -0.4 is 4.74 Å². The lowest BCUT2D eigenvalue weighted by Crippen LogP contribution is -2.35. The van der Waals surface area contributed by atoms with Crippen LogP contribution >= 0.6 is 0 Å². The van der Waals surface area contributed by atoms with Crippen LogP contribution in [0.15, 0.2) is 95.9 Å². The summed E-state index contributed by atoms with van der Waals surface area (Å²) in [6.45, 7) is 1.98. The van der Waals surface area contributed by atoms with Crippen LogP contribution in [0.4, 0.5) is 0 Å². The standard InChI is InChI=1S/C28H25NO4S/c1-19-10-12-21(13-11-19)28-26(25-9-5-7-20-6-3-4-8-24(20)25)18-27(30)29(28)34(31,32)23-16-14-22(33-2)15-17-23/h3-17,26,28H,18H2,1-2H3/t26-,28+/m1/s1. The van der Waals surface area contributed by atoms with Gasteiger partial charge < -0.3 is 4.74 Å². The van der Waals surface area contributed by atoms with Crippen molar-refractivity contribution in [3.8, 4) is 5.75 Å². The van der Waals surface area contributed by atoms with E-state index in [1.807, 2.05) is 73.7 Å². The number of hydrogen-bond acceptors (Lipinski definition) is 4. The largest absolute Gasteiger partial charge is 0.497 e. The summed E-state index contributed by atoms with van der Waals surface area (Å²) < 4.78 is 33.9. The molecule has 1 fully saturated rings. The second kappa shape index (κ2) is 8.61. The Bertz CT molecular complexity index is 1460. The van der Waals surface area contributed by atoms with Crippen molar-refractivity contribution in [1.29, 1.82) is 0 Å². The van der Waals surface area contributed by atoms with Gasteiger partial charge in [-0.3, -0.25) is 4.79 Å². The molecule has 1 saturated heterocycles. The molecular formula is C28H25NO4S. The van der Waals surface area contributed by atoms with E-state index >= 15 is 0 Å². The van der Waals surface area contributed by atoms with Crippen molar-refractivity contribution in [2.24, 2.45) is 0 Å². The minimum absolute atomic E-state index is 0.0670. The molecule has 0 radical (unpaired) electrons. The molecule has 0 N–H and O–H groups in total. The summed E-state index contributed by atoms with van der Waals surface area (Å²) in [7, 11) is -2.56. The number of sulfonamides is 1. The average Bonchev–Trinajstić information content (AvgIpc) is 3.21. The van der Waals surface area contributed by atoms with E-state index in [1.165, 1.54) is 19.2 Å². The molecule has 4 aromatic carbocycles. The molecule has 1 aliphatic heterocycles. The van der Waals surface area contributed by atoms with E-state index in [9.17, 15) is 13.2 Å². The highest BCUT2D eigenvalue weighted by Gasteiger charge is 2.48. The molecule has 0 unspecified atom stereocenters. The highest BCUT2D eigenvalue weighted by molar-refractivity contribution is 7.89. The van der Waals surface area contributed by atoms with Gasteiger partial charge in [0.15, 0.2) is 0 Å². The molecule has 1 amide bonds. The Kier molecular flexibility index (Phi) is 5.62. The number of carbonyl (C=O) groups excluding carboxylic acids is 1. The Balaban J connectivity index is 1.68. The maximum absolute atomic E-state index is 13.8. The lowest BCUT2D eigenvalue weighted by atomic mass is 9.85. The summed E-state index contributed by atoms with van der Waals surface area (Å²) in [5, 5.41) is 2.09. The number of benzene rings is 4. The summed E-state index contributed by atoms with van der Waals surface area (Å²) in [5.74, 6) is -0.163. The van der Waals surface area contributed by atoms with Crippen LogP contribution in [0.3, 0.4) is 0 Å². The molecule has 6 heteroatoms. The number of fused-ring (bicyclic) bond motifs is 1. The number of ether oxygens (including phenoxy) is 1. The molecule has 5 nitrogen and oxygen atoms in total. The Hall–Kier alpha value is -3.64. The number of hydrogen-bond donors (Lipinski definition) is 0. The average molecular weight is 472 g/mol. The molecule has 5 rings (SSSR count). The first-order valence-corrected chi connectivity index (χ1v) is 12.6. The van der Waals surface area contributed by atoms with Crippen molar-refractivity contribution >= 4 is 26.7 Å². The topological polar surface area (TPSA) is 63.7 Å². The number of rotatable bonds is 5. The number of amides is 1. The summed E-state index contributed by atoms with van der Waals surface area (Å²) >= 11 is 0. The quantitative estimate of drug-likeness (QED) is 0.380. The van der Waals surface area contributed by atoms with Crippen LogP contribution in [0.1, 0.15) is 35.1 Å². The lowest BCUT2D eigenvalue weighted by Gasteiger charge is -2.29. The Morgan fingerprint density at radius 1 is 0.853 bits per heavy atom. The Morgan fingerprint density at radius 3 is 2.24 bits per heavy atom. The predicted octanol–water partition coefficient (Wildman–Crippen LogP) is 5.60. The highest BCUT2D eigenvalue weighted by atomic mass is 32.2. The first-order valence-electron chi connectivity index (χ1n) is 11.2. The smallest absolute Gasteiger partial charge is 0.267 e. The van der Waals surface area contributed by atoms with Gasteiger partial charge in [-0.1, -0.05) is 72.3 Å². The number of methoxy groups -OCH3 is 1. The molecule has 0 saturated carbocycles. The first kappa shape index (κ1) is 22.2. The molecule has 2 atom stereocenters. The van der Waals surface area contributed by atoms with Gasteiger partial charge in [0.05, 0.1) is 18.0 Å². The monoisotopic (exact) mass is 471 g/mol. The third-order valence-corrected chi connectivity index (χ3v) is 8.35. The van der Waals surface area contributed by atoms with E-state index in [0.717, 1.165) is 31.8 Å². The molecule has 4 aromatic rings. The van der Waals surface area contributed by atoms with Gasteiger partial charge in [0, 0.05) is 12.3 Å². The molecule has 172 valence electrons. The van der Waals surface area contributed by atoms with Gasteiger partial charge in [0.2, 0.25) is 5.91 Å². The first-order chi connectivity index (χ1) is 16.4. The van der Waals surface area contributed by atoms with Crippen molar-refractivity contribution in [3.05, 3.63) is 108 Å². The van der Waals surface area contributed by atoms with E-state index in [2.05, 4.69) is 0 Å². The van der Waals surface area contributed by atoms with Crippen LogP contribution in [0.5, 0.6) is 5.75 Å². The van der Waals surface area contributed by atoms with E-state index in [-0.39, 0.29) is 17.2 Å². The Morgan fingerprint density at radius 2 is 1.53 bits per heavy atom. The normalized spacial score (nSPS) is 18.4. The van der Waals surface area contributed by atoms with E-state index in [4.69, 9.17) is 4.74 Å². The predicted molar refractivity (Wildman–Crippen MR) is 132 cm³/mol. The second-order valence-electron chi connectivity index (χ2n) is 8.60. The van der Waals surface area contributed by atoms with E-state index in [0.29, 0.717) is 5.75 Å². The fraction of sp³-hybridized carbons (Fsp3) is 0.179. The van der Waals surface area contributed by atoms with Gasteiger partial charge in [-0.15, -0.1) is 0 Å². The summed E-state index contributed by atoms with van der Waals surface area (Å²) in [6.07, 6.45) is 0.113.